The number of benzene rings is 2. The van der Waals surface area contributed by atoms with Gasteiger partial charge in [-0.2, -0.15) is 0 Å². The Labute approximate surface area is 220 Å². The number of aromatic nitrogens is 2. The summed E-state index contributed by atoms with van der Waals surface area (Å²) in [6, 6.07) is 14.5. The lowest BCUT2D eigenvalue weighted by Crippen LogP contribution is -2.40. The van der Waals surface area contributed by atoms with E-state index in [9.17, 15) is 9.59 Å². The quantitative estimate of drug-likeness (QED) is 0.357. The first-order chi connectivity index (χ1) is 17.7. The highest BCUT2D eigenvalue weighted by atomic mass is 16.5. The van der Waals surface area contributed by atoms with E-state index in [0.717, 1.165) is 55.7 Å². The summed E-state index contributed by atoms with van der Waals surface area (Å²) >= 11 is 0. The molecule has 7 nitrogen and oxygen atoms in total. The van der Waals surface area contributed by atoms with Gasteiger partial charge in [0.2, 0.25) is 0 Å². The first-order valence-corrected chi connectivity index (χ1v) is 13.5. The van der Waals surface area contributed by atoms with Crippen molar-refractivity contribution in [2.45, 2.75) is 72.6 Å². The maximum atomic E-state index is 13.4. The molecule has 37 heavy (non-hydrogen) atoms. The van der Waals surface area contributed by atoms with E-state index in [1.807, 2.05) is 28.8 Å². The van der Waals surface area contributed by atoms with Crippen molar-refractivity contribution in [2.75, 3.05) is 26.2 Å². The van der Waals surface area contributed by atoms with E-state index in [4.69, 9.17) is 9.47 Å². The van der Waals surface area contributed by atoms with Crippen LogP contribution in [0.4, 0.5) is 0 Å². The van der Waals surface area contributed by atoms with Crippen molar-refractivity contribution in [3.63, 3.8) is 0 Å². The van der Waals surface area contributed by atoms with Gasteiger partial charge in [-0.15, -0.1) is 0 Å². The number of imidazole rings is 1. The van der Waals surface area contributed by atoms with E-state index in [1.165, 1.54) is 18.1 Å². The Hall–Kier alpha value is -3.06. The lowest BCUT2D eigenvalue weighted by atomic mass is 10.0. The van der Waals surface area contributed by atoms with Gasteiger partial charge in [-0.25, -0.2) is 4.79 Å². The Morgan fingerprint density at radius 1 is 1.03 bits per heavy atom. The highest BCUT2D eigenvalue weighted by Gasteiger charge is 2.26. The fraction of sp³-hybridized carbons (Fsp3) is 0.533. The SMILES string of the molecule is CC(=O)OCCn1c(=O)n(C2CCN(CCC(Oc3cc(C)ccc3C)C(C)C)CC2)c2ccccc21. The minimum atomic E-state index is -0.330. The van der Waals surface area contributed by atoms with Gasteiger partial charge in [0.25, 0.3) is 0 Å². The van der Waals surface area contributed by atoms with Gasteiger partial charge in [0, 0.05) is 32.6 Å². The predicted octanol–water partition coefficient (Wildman–Crippen LogP) is 5.11. The number of esters is 1. The standard InChI is InChI=1S/C30H41N3O4/c1-21(2)28(37-29-20-22(3)10-11-23(29)4)14-17-31-15-12-25(13-16-31)33-27-9-7-6-8-26(27)32(30(33)35)18-19-36-24(5)34/h6-11,20-21,25,28H,12-19H2,1-5H3. The zero-order valence-corrected chi connectivity index (χ0v) is 22.9. The average molecular weight is 508 g/mol. The van der Waals surface area contributed by atoms with E-state index in [0.29, 0.717) is 12.5 Å². The Morgan fingerprint density at radius 3 is 2.41 bits per heavy atom. The number of nitrogens with zero attached hydrogens (tertiary/aromatic N) is 3. The van der Waals surface area contributed by atoms with Gasteiger partial charge in [-0.3, -0.25) is 13.9 Å². The van der Waals surface area contributed by atoms with Crippen molar-refractivity contribution in [3.8, 4) is 5.75 Å². The molecule has 1 aromatic heterocycles. The van der Waals surface area contributed by atoms with Crippen LogP contribution in [0.1, 0.15) is 57.2 Å². The first kappa shape index (κ1) is 27.0. The van der Waals surface area contributed by atoms with Crippen molar-refractivity contribution in [1.82, 2.24) is 14.0 Å². The van der Waals surface area contributed by atoms with Crippen LogP contribution in [0.15, 0.2) is 47.3 Å². The molecule has 4 rings (SSSR count). The van der Waals surface area contributed by atoms with Gasteiger partial charge in [0.1, 0.15) is 18.5 Å². The summed E-state index contributed by atoms with van der Waals surface area (Å²) in [5.74, 6) is 1.08. The summed E-state index contributed by atoms with van der Waals surface area (Å²) in [6.45, 7) is 13.5. The van der Waals surface area contributed by atoms with Crippen molar-refractivity contribution >= 4 is 17.0 Å². The number of fused-ring (bicyclic) bond motifs is 1. The number of rotatable bonds is 10. The Balaban J connectivity index is 1.39. The fourth-order valence-electron chi connectivity index (χ4n) is 5.32. The van der Waals surface area contributed by atoms with Gasteiger partial charge in [0.05, 0.1) is 17.6 Å². The van der Waals surface area contributed by atoms with E-state index >= 15 is 0 Å². The summed E-state index contributed by atoms with van der Waals surface area (Å²) < 4.78 is 15.3. The molecule has 1 unspecified atom stereocenters. The summed E-state index contributed by atoms with van der Waals surface area (Å²) in [5.41, 5.74) is 4.22. The molecule has 0 saturated carbocycles. The monoisotopic (exact) mass is 507 g/mol. The molecule has 0 bridgehead atoms. The van der Waals surface area contributed by atoms with Gasteiger partial charge in [-0.1, -0.05) is 38.1 Å². The van der Waals surface area contributed by atoms with Crippen LogP contribution in [0, 0.1) is 19.8 Å². The fourth-order valence-corrected chi connectivity index (χ4v) is 5.32. The summed E-state index contributed by atoms with van der Waals surface area (Å²) in [6.07, 6.45) is 3.01. The zero-order chi connectivity index (χ0) is 26.5. The number of carbonyl (C=O) groups excluding carboxylic acids is 1. The van der Waals surface area contributed by atoms with E-state index in [2.05, 4.69) is 50.8 Å². The maximum absolute atomic E-state index is 13.4. The van der Waals surface area contributed by atoms with Crippen LogP contribution in [0.5, 0.6) is 5.75 Å². The lowest BCUT2D eigenvalue weighted by Gasteiger charge is -2.34. The highest BCUT2D eigenvalue weighted by molar-refractivity contribution is 5.76. The molecule has 7 heteroatoms. The topological polar surface area (TPSA) is 65.7 Å². The van der Waals surface area contributed by atoms with Gasteiger partial charge >= 0.3 is 11.7 Å². The van der Waals surface area contributed by atoms with Gasteiger partial charge < -0.3 is 14.4 Å². The van der Waals surface area contributed by atoms with Crippen LogP contribution in [0.25, 0.3) is 11.0 Å². The second kappa shape index (κ2) is 12.0. The summed E-state index contributed by atoms with van der Waals surface area (Å²) in [7, 11) is 0. The molecule has 3 aromatic rings. The summed E-state index contributed by atoms with van der Waals surface area (Å²) in [4.78, 5) is 27.1. The predicted molar refractivity (Wildman–Crippen MR) is 147 cm³/mol. The normalized spacial score (nSPS) is 15.8. The molecule has 2 heterocycles. The number of ether oxygens (including phenoxy) is 2. The molecule has 0 radical (unpaired) electrons. The third-order valence-electron chi connectivity index (χ3n) is 7.51. The van der Waals surface area contributed by atoms with Gasteiger partial charge in [-0.05, 0) is 68.4 Å². The Morgan fingerprint density at radius 2 is 1.73 bits per heavy atom. The van der Waals surface area contributed by atoms with Crippen LogP contribution in [-0.4, -0.2) is 52.3 Å². The number of para-hydroxylation sites is 2. The first-order valence-electron chi connectivity index (χ1n) is 13.5. The molecule has 1 fully saturated rings. The van der Waals surface area contributed by atoms with E-state index in [-0.39, 0.29) is 30.4 Å². The summed E-state index contributed by atoms with van der Waals surface area (Å²) in [5, 5.41) is 0. The van der Waals surface area contributed by atoms with Crippen LogP contribution >= 0.6 is 0 Å². The number of hydrogen-bond acceptors (Lipinski definition) is 5. The molecular formula is C30H41N3O4. The highest BCUT2D eigenvalue weighted by Crippen LogP contribution is 2.27. The van der Waals surface area contributed by atoms with Crippen molar-refractivity contribution in [2.24, 2.45) is 5.92 Å². The second-order valence-corrected chi connectivity index (χ2v) is 10.7. The number of hydrogen-bond donors (Lipinski definition) is 0. The molecule has 200 valence electrons. The minimum absolute atomic E-state index is 0.0198. The van der Waals surface area contributed by atoms with Crippen LogP contribution < -0.4 is 10.4 Å². The molecule has 1 aliphatic heterocycles. The third kappa shape index (κ3) is 6.45. The molecular weight excluding hydrogens is 466 g/mol. The average Bonchev–Trinajstić information content (AvgIpc) is 3.15. The molecule has 0 N–H and O–H groups in total. The van der Waals surface area contributed by atoms with Crippen LogP contribution in [0.3, 0.4) is 0 Å². The van der Waals surface area contributed by atoms with Crippen molar-refractivity contribution in [1.29, 1.82) is 0 Å². The van der Waals surface area contributed by atoms with Crippen molar-refractivity contribution < 1.29 is 14.3 Å². The number of likely N-dealkylation sites (tertiary alicyclic amines) is 1. The molecule has 0 aliphatic carbocycles. The largest absolute Gasteiger partial charge is 0.490 e. The van der Waals surface area contributed by atoms with E-state index in [1.54, 1.807) is 4.57 Å². The molecule has 2 aromatic carbocycles. The zero-order valence-electron chi connectivity index (χ0n) is 22.9. The van der Waals surface area contributed by atoms with Crippen LogP contribution in [-0.2, 0) is 16.1 Å². The second-order valence-electron chi connectivity index (χ2n) is 10.7. The Bertz CT molecular complexity index is 1270. The number of carbonyl (C=O) groups is 1. The smallest absolute Gasteiger partial charge is 0.329 e. The third-order valence-corrected chi connectivity index (χ3v) is 7.51. The molecule has 1 atom stereocenters. The molecule has 0 amide bonds. The van der Waals surface area contributed by atoms with Gasteiger partial charge in [0.15, 0.2) is 0 Å². The van der Waals surface area contributed by atoms with E-state index < -0.39 is 0 Å². The Kier molecular flexibility index (Phi) is 8.75. The molecule has 1 aliphatic rings. The maximum Gasteiger partial charge on any atom is 0.329 e. The van der Waals surface area contributed by atoms with Crippen molar-refractivity contribution in [3.05, 3.63) is 64.1 Å². The van der Waals surface area contributed by atoms with Crippen LogP contribution in [0.2, 0.25) is 0 Å². The number of aryl methyl sites for hydroxylation is 2. The molecule has 1 saturated heterocycles. The lowest BCUT2D eigenvalue weighted by molar-refractivity contribution is -0.141. The minimum Gasteiger partial charge on any atom is -0.490 e. The number of piperidine rings is 1. The molecule has 0 spiro atoms.